The first kappa shape index (κ1) is 14.9. The molecule has 1 aromatic heterocycles. The molecule has 1 heterocycles. The van der Waals surface area contributed by atoms with Crippen molar-refractivity contribution in [2.75, 3.05) is 19.5 Å². The van der Waals surface area contributed by atoms with Gasteiger partial charge in [-0.05, 0) is 25.1 Å². The largest absolute Gasteiger partial charge is 0.494 e. The van der Waals surface area contributed by atoms with Crippen molar-refractivity contribution >= 4 is 11.7 Å². The number of benzene rings is 1. The summed E-state index contributed by atoms with van der Waals surface area (Å²) in [5, 5.41) is 3.07. The number of anilines is 1. The molecular formula is C15H16FNO4. The van der Waals surface area contributed by atoms with Crippen LogP contribution >= 0.6 is 0 Å². The lowest BCUT2D eigenvalue weighted by atomic mass is 10.2. The summed E-state index contributed by atoms with van der Waals surface area (Å²) in [4.78, 5) is 11.5. The maximum absolute atomic E-state index is 13.3. The second-order valence-corrected chi connectivity index (χ2v) is 4.38. The third-order valence-electron chi connectivity index (χ3n) is 2.99. The predicted octanol–water partition coefficient (Wildman–Crippen LogP) is 3.13. The Morgan fingerprint density at radius 1 is 1.33 bits per heavy atom. The standard InChI is InChI=1S/C15H16FNO4/c1-9-12(15(18)20-3)7-11(21-9)8-17-10-4-5-13(16)14(6-10)19-2/h4-7,17H,8H2,1-3H3. The molecule has 6 heteroatoms. The van der Waals surface area contributed by atoms with Crippen LogP contribution < -0.4 is 10.1 Å². The number of hydrogen-bond acceptors (Lipinski definition) is 5. The minimum atomic E-state index is -0.439. The van der Waals surface area contributed by atoms with Gasteiger partial charge in [0.15, 0.2) is 11.6 Å². The van der Waals surface area contributed by atoms with E-state index in [1.54, 1.807) is 25.1 Å². The van der Waals surface area contributed by atoms with E-state index < -0.39 is 11.8 Å². The van der Waals surface area contributed by atoms with Crippen molar-refractivity contribution in [3.05, 3.63) is 47.2 Å². The maximum atomic E-state index is 13.3. The minimum Gasteiger partial charge on any atom is -0.494 e. The Kier molecular flexibility index (Phi) is 4.47. The van der Waals surface area contributed by atoms with Gasteiger partial charge >= 0.3 is 5.97 Å². The quantitative estimate of drug-likeness (QED) is 0.858. The minimum absolute atomic E-state index is 0.158. The zero-order chi connectivity index (χ0) is 15.4. The monoisotopic (exact) mass is 293 g/mol. The van der Waals surface area contributed by atoms with Gasteiger partial charge in [0, 0.05) is 11.8 Å². The molecule has 0 radical (unpaired) electrons. The number of esters is 1. The molecule has 0 amide bonds. The third-order valence-corrected chi connectivity index (χ3v) is 2.99. The molecule has 1 N–H and O–H groups in total. The van der Waals surface area contributed by atoms with Crippen LogP contribution in [0.1, 0.15) is 21.9 Å². The van der Waals surface area contributed by atoms with Crippen LogP contribution in [0.3, 0.4) is 0 Å². The average Bonchev–Trinajstić information content (AvgIpc) is 2.86. The molecule has 0 fully saturated rings. The summed E-state index contributed by atoms with van der Waals surface area (Å²) in [6.45, 7) is 2.04. The Hall–Kier alpha value is -2.50. The number of rotatable bonds is 5. The van der Waals surface area contributed by atoms with Crippen LogP contribution in [0.2, 0.25) is 0 Å². The normalized spacial score (nSPS) is 10.3. The first-order chi connectivity index (χ1) is 10.0. The van der Waals surface area contributed by atoms with Gasteiger partial charge in [-0.2, -0.15) is 0 Å². The highest BCUT2D eigenvalue weighted by atomic mass is 19.1. The number of nitrogens with one attached hydrogen (secondary N) is 1. The van der Waals surface area contributed by atoms with Gasteiger partial charge in [-0.3, -0.25) is 0 Å². The van der Waals surface area contributed by atoms with Crippen LogP contribution in [-0.2, 0) is 11.3 Å². The topological polar surface area (TPSA) is 60.7 Å². The fourth-order valence-electron chi connectivity index (χ4n) is 1.90. The number of carbonyl (C=O) groups excluding carboxylic acids is 1. The van der Waals surface area contributed by atoms with Gasteiger partial charge in [-0.15, -0.1) is 0 Å². The molecule has 0 atom stereocenters. The summed E-state index contributed by atoms with van der Waals surface area (Å²) >= 11 is 0. The van der Waals surface area contributed by atoms with Crippen molar-refractivity contribution in [1.29, 1.82) is 0 Å². The number of furan rings is 1. The highest BCUT2D eigenvalue weighted by Crippen LogP contribution is 2.22. The van der Waals surface area contributed by atoms with Crippen LogP contribution in [0.5, 0.6) is 5.75 Å². The molecule has 0 aliphatic carbocycles. The van der Waals surface area contributed by atoms with E-state index in [-0.39, 0.29) is 5.75 Å². The molecule has 21 heavy (non-hydrogen) atoms. The number of ether oxygens (including phenoxy) is 2. The number of hydrogen-bond donors (Lipinski definition) is 1. The molecule has 0 saturated heterocycles. The van der Waals surface area contributed by atoms with Crippen molar-refractivity contribution in [2.24, 2.45) is 0 Å². The highest BCUT2D eigenvalue weighted by molar-refractivity contribution is 5.90. The summed E-state index contributed by atoms with van der Waals surface area (Å²) < 4.78 is 28.3. The average molecular weight is 293 g/mol. The first-order valence-electron chi connectivity index (χ1n) is 6.30. The molecular weight excluding hydrogens is 277 g/mol. The number of carbonyl (C=O) groups is 1. The molecule has 112 valence electrons. The maximum Gasteiger partial charge on any atom is 0.341 e. The molecule has 5 nitrogen and oxygen atoms in total. The number of methoxy groups -OCH3 is 2. The molecule has 0 spiro atoms. The zero-order valence-electron chi connectivity index (χ0n) is 12.0. The molecule has 0 saturated carbocycles. The van der Waals surface area contributed by atoms with E-state index in [4.69, 9.17) is 9.15 Å². The van der Waals surface area contributed by atoms with Crippen molar-refractivity contribution in [3.63, 3.8) is 0 Å². The summed E-state index contributed by atoms with van der Waals surface area (Å²) in [6, 6.07) is 6.07. The van der Waals surface area contributed by atoms with E-state index in [2.05, 4.69) is 10.1 Å². The van der Waals surface area contributed by atoms with Gasteiger partial charge in [-0.1, -0.05) is 0 Å². The second kappa shape index (κ2) is 6.30. The molecule has 2 rings (SSSR count). The second-order valence-electron chi connectivity index (χ2n) is 4.38. The Bertz CT molecular complexity index is 651. The van der Waals surface area contributed by atoms with Crippen molar-refractivity contribution in [1.82, 2.24) is 0 Å². The molecule has 0 aliphatic heterocycles. The molecule has 2 aromatic rings. The van der Waals surface area contributed by atoms with Crippen LogP contribution in [0, 0.1) is 12.7 Å². The van der Waals surface area contributed by atoms with E-state index in [1.165, 1.54) is 20.3 Å². The number of halogens is 1. The Morgan fingerprint density at radius 2 is 2.10 bits per heavy atom. The Morgan fingerprint density at radius 3 is 2.76 bits per heavy atom. The fraction of sp³-hybridized carbons (Fsp3) is 0.267. The lowest BCUT2D eigenvalue weighted by Gasteiger charge is -2.07. The first-order valence-corrected chi connectivity index (χ1v) is 6.30. The molecule has 0 aliphatic rings. The lowest BCUT2D eigenvalue weighted by molar-refractivity contribution is 0.0599. The van der Waals surface area contributed by atoms with Crippen LogP contribution in [0.25, 0.3) is 0 Å². The van der Waals surface area contributed by atoms with E-state index in [1.807, 2.05) is 0 Å². The van der Waals surface area contributed by atoms with E-state index in [0.717, 1.165) is 0 Å². The van der Waals surface area contributed by atoms with Gasteiger partial charge in [0.25, 0.3) is 0 Å². The summed E-state index contributed by atoms with van der Waals surface area (Å²) in [5.41, 5.74) is 1.08. The fourth-order valence-corrected chi connectivity index (χ4v) is 1.90. The summed E-state index contributed by atoms with van der Waals surface area (Å²) in [6.07, 6.45) is 0. The molecule has 1 aromatic carbocycles. The zero-order valence-corrected chi connectivity index (χ0v) is 12.0. The van der Waals surface area contributed by atoms with Crippen LogP contribution in [0.4, 0.5) is 10.1 Å². The molecule has 0 bridgehead atoms. The third kappa shape index (κ3) is 3.34. The van der Waals surface area contributed by atoms with Crippen LogP contribution in [-0.4, -0.2) is 20.2 Å². The van der Waals surface area contributed by atoms with E-state index >= 15 is 0 Å². The number of aryl methyl sites for hydroxylation is 1. The summed E-state index contributed by atoms with van der Waals surface area (Å²) in [5.74, 6) is 0.369. The van der Waals surface area contributed by atoms with Crippen molar-refractivity contribution < 1.29 is 23.1 Å². The van der Waals surface area contributed by atoms with Crippen molar-refractivity contribution in [3.8, 4) is 5.75 Å². The van der Waals surface area contributed by atoms with E-state index in [9.17, 15) is 9.18 Å². The highest BCUT2D eigenvalue weighted by Gasteiger charge is 2.15. The predicted molar refractivity (Wildman–Crippen MR) is 75.1 cm³/mol. The van der Waals surface area contributed by atoms with Gasteiger partial charge < -0.3 is 19.2 Å². The van der Waals surface area contributed by atoms with Crippen molar-refractivity contribution in [2.45, 2.75) is 13.5 Å². The van der Waals surface area contributed by atoms with Crippen LogP contribution in [0.15, 0.2) is 28.7 Å². The lowest BCUT2D eigenvalue weighted by Crippen LogP contribution is -2.01. The van der Waals surface area contributed by atoms with Gasteiger partial charge in [-0.25, -0.2) is 9.18 Å². The van der Waals surface area contributed by atoms with Gasteiger partial charge in [0.05, 0.1) is 20.8 Å². The Labute approximate surface area is 121 Å². The molecule has 0 unspecified atom stereocenters. The van der Waals surface area contributed by atoms with Gasteiger partial charge in [0.2, 0.25) is 0 Å². The SMILES string of the molecule is COC(=O)c1cc(CNc2ccc(F)c(OC)c2)oc1C. The van der Waals surface area contributed by atoms with Gasteiger partial charge in [0.1, 0.15) is 17.1 Å². The smallest absolute Gasteiger partial charge is 0.341 e. The summed E-state index contributed by atoms with van der Waals surface area (Å²) in [7, 11) is 2.72. The Balaban J connectivity index is 2.08. The van der Waals surface area contributed by atoms with E-state index in [0.29, 0.717) is 29.3 Å².